The van der Waals surface area contributed by atoms with Crippen LogP contribution in [0.1, 0.15) is 97.3 Å². The number of unbranched alkanes of at least 4 members (excludes halogenated alkanes) is 12. The molecular weight excluding hydrogens is 338 g/mol. The number of amidine groups is 1. The standard InChI is InChI=1S/C22H41N3O2/c1-3-4-5-6-7-8-9-10-11-12-13-14-15-16-17-21(23)25-19-18-24-22(25)27-20(2)26/h16-17,21H,3-15,18-19,23H2,1-2H3/b17-16+. The zero-order valence-electron chi connectivity index (χ0n) is 17.6. The van der Waals surface area contributed by atoms with Gasteiger partial charge in [0.2, 0.25) is 0 Å². The number of allylic oxidation sites excluding steroid dienone is 1. The van der Waals surface area contributed by atoms with Gasteiger partial charge in [-0.05, 0) is 12.8 Å². The lowest BCUT2D eigenvalue weighted by atomic mass is 10.0. The molecule has 1 rings (SSSR count). The van der Waals surface area contributed by atoms with E-state index in [9.17, 15) is 4.79 Å². The van der Waals surface area contributed by atoms with Crippen molar-refractivity contribution < 1.29 is 9.53 Å². The molecule has 5 heteroatoms. The second kappa shape index (κ2) is 15.7. The summed E-state index contributed by atoms with van der Waals surface area (Å²) in [6.07, 6.45) is 21.3. The molecule has 0 bridgehead atoms. The normalized spacial score (nSPS) is 15.4. The van der Waals surface area contributed by atoms with Gasteiger partial charge in [-0.1, -0.05) is 89.7 Å². The minimum atomic E-state index is -0.353. The number of carbonyl (C=O) groups is 1. The molecule has 5 nitrogen and oxygen atoms in total. The summed E-state index contributed by atoms with van der Waals surface area (Å²) in [6, 6.07) is 0.352. The molecule has 0 radical (unpaired) electrons. The lowest BCUT2D eigenvalue weighted by Crippen LogP contribution is -2.44. The maximum absolute atomic E-state index is 11.1. The Morgan fingerprint density at radius 1 is 1.07 bits per heavy atom. The summed E-state index contributed by atoms with van der Waals surface area (Å²) in [5, 5.41) is 0. The Bertz CT molecular complexity index is 449. The van der Waals surface area contributed by atoms with Crippen LogP contribution in [0.15, 0.2) is 17.1 Å². The quantitative estimate of drug-likeness (QED) is 0.243. The van der Waals surface area contributed by atoms with Crippen molar-refractivity contribution >= 4 is 12.0 Å². The zero-order chi connectivity index (χ0) is 19.7. The summed E-state index contributed by atoms with van der Waals surface area (Å²) >= 11 is 0. The van der Waals surface area contributed by atoms with E-state index in [2.05, 4.69) is 18.0 Å². The molecular formula is C22H41N3O2. The van der Waals surface area contributed by atoms with Crippen molar-refractivity contribution in [1.29, 1.82) is 0 Å². The zero-order valence-corrected chi connectivity index (χ0v) is 17.6. The minimum Gasteiger partial charge on any atom is -0.393 e. The second-order valence-electron chi connectivity index (χ2n) is 7.55. The lowest BCUT2D eigenvalue weighted by Gasteiger charge is -2.23. The van der Waals surface area contributed by atoms with Crippen molar-refractivity contribution in [3.05, 3.63) is 12.2 Å². The molecule has 1 aliphatic heterocycles. The molecule has 0 spiro atoms. The van der Waals surface area contributed by atoms with E-state index >= 15 is 0 Å². The molecule has 0 aliphatic carbocycles. The van der Waals surface area contributed by atoms with Gasteiger partial charge in [0.25, 0.3) is 6.02 Å². The van der Waals surface area contributed by atoms with E-state index in [0.29, 0.717) is 19.1 Å². The van der Waals surface area contributed by atoms with E-state index in [1.165, 1.54) is 84.0 Å². The predicted molar refractivity (Wildman–Crippen MR) is 114 cm³/mol. The monoisotopic (exact) mass is 379 g/mol. The molecule has 2 N–H and O–H groups in total. The molecule has 1 aliphatic rings. The molecule has 1 atom stereocenters. The van der Waals surface area contributed by atoms with Crippen molar-refractivity contribution in [3.63, 3.8) is 0 Å². The number of nitrogens with two attached hydrogens (primary N) is 1. The number of aliphatic imine (C=N–C) groups is 1. The van der Waals surface area contributed by atoms with Gasteiger partial charge < -0.3 is 15.4 Å². The molecule has 0 amide bonds. The highest BCUT2D eigenvalue weighted by Crippen LogP contribution is 2.13. The van der Waals surface area contributed by atoms with Crippen molar-refractivity contribution in [2.24, 2.45) is 10.7 Å². The molecule has 0 saturated carbocycles. The fourth-order valence-electron chi connectivity index (χ4n) is 3.38. The Kier molecular flexibility index (Phi) is 13.7. The van der Waals surface area contributed by atoms with Crippen LogP contribution in [0, 0.1) is 0 Å². The van der Waals surface area contributed by atoms with Crippen LogP contribution in [0.2, 0.25) is 0 Å². The van der Waals surface area contributed by atoms with Gasteiger partial charge in [0.05, 0.1) is 6.54 Å². The highest BCUT2D eigenvalue weighted by Gasteiger charge is 2.23. The van der Waals surface area contributed by atoms with Gasteiger partial charge in [-0.2, -0.15) is 0 Å². The van der Waals surface area contributed by atoms with E-state index in [-0.39, 0.29) is 12.1 Å². The molecule has 1 heterocycles. The molecule has 27 heavy (non-hydrogen) atoms. The first-order valence-corrected chi connectivity index (χ1v) is 11.1. The molecule has 0 aromatic carbocycles. The van der Waals surface area contributed by atoms with Crippen LogP contribution in [-0.2, 0) is 9.53 Å². The minimum absolute atomic E-state index is 0.275. The first-order valence-electron chi connectivity index (χ1n) is 11.1. The summed E-state index contributed by atoms with van der Waals surface area (Å²) in [4.78, 5) is 17.1. The molecule has 1 unspecified atom stereocenters. The Morgan fingerprint density at radius 3 is 2.19 bits per heavy atom. The van der Waals surface area contributed by atoms with Crippen molar-refractivity contribution in [1.82, 2.24) is 4.90 Å². The summed E-state index contributed by atoms with van der Waals surface area (Å²) < 4.78 is 5.09. The van der Waals surface area contributed by atoms with E-state index in [1.807, 2.05) is 11.0 Å². The maximum Gasteiger partial charge on any atom is 0.310 e. The van der Waals surface area contributed by atoms with Crippen LogP contribution < -0.4 is 5.73 Å². The number of carbonyl (C=O) groups excluding carboxylic acids is 1. The van der Waals surface area contributed by atoms with E-state index in [1.54, 1.807) is 0 Å². The second-order valence-corrected chi connectivity index (χ2v) is 7.55. The number of hydrogen-bond acceptors (Lipinski definition) is 5. The summed E-state index contributed by atoms with van der Waals surface area (Å²) in [6.45, 7) is 4.98. The molecule has 0 aromatic heterocycles. The maximum atomic E-state index is 11.1. The van der Waals surface area contributed by atoms with Crippen LogP contribution in [0.25, 0.3) is 0 Å². The first kappa shape index (κ1) is 23.7. The van der Waals surface area contributed by atoms with Gasteiger partial charge in [0.1, 0.15) is 6.17 Å². The fraction of sp³-hybridized carbons (Fsp3) is 0.818. The molecule has 156 valence electrons. The predicted octanol–water partition coefficient (Wildman–Crippen LogP) is 5.15. The van der Waals surface area contributed by atoms with Gasteiger partial charge in [-0.25, -0.2) is 4.99 Å². The lowest BCUT2D eigenvalue weighted by molar-refractivity contribution is -0.133. The topological polar surface area (TPSA) is 67.9 Å². The largest absolute Gasteiger partial charge is 0.393 e. The number of rotatable bonds is 15. The number of esters is 1. The first-order chi connectivity index (χ1) is 13.1. The average molecular weight is 380 g/mol. The van der Waals surface area contributed by atoms with Crippen molar-refractivity contribution in [2.75, 3.05) is 13.1 Å². The van der Waals surface area contributed by atoms with Crippen LogP contribution in [0.4, 0.5) is 0 Å². The number of hydrogen-bond donors (Lipinski definition) is 1. The van der Waals surface area contributed by atoms with Crippen molar-refractivity contribution in [2.45, 2.75) is 103 Å². The number of nitrogens with zero attached hydrogens (tertiary/aromatic N) is 2. The molecule has 0 saturated heterocycles. The van der Waals surface area contributed by atoms with E-state index in [0.717, 1.165) is 6.42 Å². The van der Waals surface area contributed by atoms with Crippen LogP contribution in [0.5, 0.6) is 0 Å². The molecule has 0 aromatic rings. The van der Waals surface area contributed by atoms with Gasteiger partial charge in [0, 0.05) is 13.5 Å². The van der Waals surface area contributed by atoms with Crippen LogP contribution in [0.3, 0.4) is 0 Å². The summed E-state index contributed by atoms with van der Waals surface area (Å²) in [5.74, 6) is -0.353. The Hall–Kier alpha value is -1.36. The van der Waals surface area contributed by atoms with Crippen LogP contribution >= 0.6 is 0 Å². The highest BCUT2D eigenvalue weighted by atomic mass is 16.6. The number of ether oxygens (including phenoxy) is 1. The SMILES string of the molecule is CCCCCCCCCCCCCC/C=C/C(N)N1CCN=C1OC(C)=O. The average Bonchev–Trinajstić information content (AvgIpc) is 3.09. The molecule has 0 fully saturated rings. The van der Waals surface area contributed by atoms with Gasteiger partial charge in [-0.15, -0.1) is 0 Å². The van der Waals surface area contributed by atoms with Crippen molar-refractivity contribution in [3.8, 4) is 0 Å². The summed E-state index contributed by atoms with van der Waals surface area (Å²) in [7, 11) is 0. The van der Waals surface area contributed by atoms with Gasteiger partial charge >= 0.3 is 5.97 Å². The Morgan fingerprint density at radius 2 is 1.63 bits per heavy atom. The third kappa shape index (κ3) is 11.9. The Balaban J connectivity index is 1.95. The third-order valence-corrected chi connectivity index (χ3v) is 4.99. The smallest absolute Gasteiger partial charge is 0.310 e. The van der Waals surface area contributed by atoms with Gasteiger partial charge in [0.15, 0.2) is 0 Å². The highest BCUT2D eigenvalue weighted by molar-refractivity contribution is 5.87. The van der Waals surface area contributed by atoms with Gasteiger partial charge in [-0.3, -0.25) is 4.79 Å². The van der Waals surface area contributed by atoms with Crippen LogP contribution in [-0.4, -0.2) is 36.1 Å². The summed E-state index contributed by atoms with van der Waals surface area (Å²) in [5.41, 5.74) is 6.16. The fourth-order valence-corrected chi connectivity index (χ4v) is 3.38. The Labute approximate surface area is 166 Å². The third-order valence-electron chi connectivity index (χ3n) is 4.99. The van der Waals surface area contributed by atoms with E-state index < -0.39 is 0 Å². The van der Waals surface area contributed by atoms with E-state index in [4.69, 9.17) is 10.5 Å².